The summed E-state index contributed by atoms with van der Waals surface area (Å²) >= 11 is 0. The molecule has 0 saturated heterocycles. The summed E-state index contributed by atoms with van der Waals surface area (Å²) in [5, 5.41) is 12.2. The molecule has 0 saturated carbocycles. The first-order valence-electron chi connectivity index (χ1n) is 6.15. The van der Waals surface area contributed by atoms with Crippen molar-refractivity contribution in [2.75, 3.05) is 19.0 Å². The third-order valence-electron chi connectivity index (χ3n) is 2.85. The molecule has 0 bridgehead atoms. The highest BCUT2D eigenvalue weighted by atomic mass is 16.5. The Hall–Kier alpha value is -2.28. The van der Waals surface area contributed by atoms with E-state index in [2.05, 4.69) is 16.1 Å². The van der Waals surface area contributed by atoms with Crippen molar-refractivity contribution in [1.29, 1.82) is 5.26 Å². The van der Waals surface area contributed by atoms with E-state index < -0.39 is 0 Å². The number of aryl methyl sites for hydroxylation is 1. The average molecular weight is 258 g/mol. The first-order chi connectivity index (χ1) is 9.13. The minimum atomic E-state index is -0.311. The van der Waals surface area contributed by atoms with Crippen molar-refractivity contribution in [1.82, 2.24) is 0 Å². The van der Waals surface area contributed by atoms with Gasteiger partial charge in [0.1, 0.15) is 6.07 Å². The predicted molar refractivity (Wildman–Crippen MR) is 74.8 cm³/mol. The van der Waals surface area contributed by atoms with Crippen LogP contribution < -0.4 is 5.32 Å². The van der Waals surface area contributed by atoms with E-state index in [1.165, 1.54) is 7.11 Å². The summed E-state index contributed by atoms with van der Waals surface area (Å²) in [6, 6.07) is 7.81. The van der Waals surface area contributed by atoms with E-state index in [1.54, 1.807) is 6.08 Å². The number of carbonyl (C=O) groups is 1. The summed E-state index contributed by atoms with van der Waals surface area (Å²) in [7, 11) is 1.37. The van der Waals surface area contributed by atoms with Gasteiger partial charge in [-0.2, -0.15) is 5.26 Å². The van der Waals surface area contributed by atoms with Crippen LogP contribution in [0.4, 0.5) is 5.69 Å². The van der Waals surface area contributed by atoms with E-state index >= 15 is 0 Å². The molecule has 4 heteroatoms. The second-order valence-electron chi connectivity index (χ2n) is 4.06. The van der Waals surface area contributed by atoms with Gasteiger partial charge in [-0.1, -0.05) is 25.1 Å². The number of benzene rings is 1. The second kappa shape index (κ2) is 7.22. The third kappa shape index (κ3) is 3.85. The van der Waals surface area contributed by atoms with Gasteiger partial charge >= 0.3 is 5.97 Å². The molecule has 1 aromatic rings. The monoisotopic (exact) mass is 258 g/mol. The largest absolute Gasteiger partial charge is 0.466 e. The molecule has 100 valence electrons. The van der Waals surface area contributed by atoms with Gasteiger partial charge in [0.25, 0.3) is 0 Å². The summed E-state index contributed by atoms with van der Waals surface area (Å²) in [5.41, 5.74) is 2.97. The molecule has 0 fully saturated rings. The number of nitrogens with one attached hydrogen (secondary N) is 1. The Morgan fingerprint density at radius 1 is 1.53 bits per heavy atom. The van der Waals surface area contributed by atoms with Gasteiger partial charge in [-0.15, -0.1) is 0 Å². The number of nitrogens with zero attached hydrogens (tertiary/aromatic N) is 1. The van der Waals surface area contributed by atoms with E-state index in [0.29, 0.717) is 24.1 Å². The molecule has 0 aliphatic heterocycles. The Morgan fingerprint density at radius 2 is 2.26 bits per heavy atom. The zero-order chi connectivity index (χ0) is 14.3. The van der Waals surface area contributed by atoms with Crippen molar-refractivity contribution in [3.8, 4) is 6.07 Å². The quantitative estimate of drug-likeness (QED) is 0.651. The first kappa shape index (κ1) is 14.8. The van der Waals surface area contributed by atoms with Crippen molar-refractivity contribution in [2.24, 2.45) is 0 Å². The summed E-state index contributed by atoms with van der Waals surface area (Å²) in [6.45, 7) is 4.28. The van der Waals surface area contributed by atoms with Crippen molar-refractivity contribution in [3.63, 3.8) is 0 Å². The van der Waals surface area contributed by atoms with Gasteiger partial charge in [0.15, 0.2) is 0 Å². The second-order valence-corrected chi connectivity index (χ2v) is 4.06. The van der Waals surface area contributed by atoms with Gasteiger partial charge in [0.05, 0.1) is 18.4 Å². The van der Waals surface area contributed by atoms with E-state index in [0.717, 1.165) is 11.3 Å². The molecule has 0 heterocycles. The van der Waals surface area contributed by atoms with E-state index in [9.17, 15) is 4.79 Å². The molecule has 0 radical (unpaired) electrons. The number of anilines is 1. The Morgan fingerprint density at radius 3 is 2.84 bits per heavy atom. The maximum Gasteiger partial charge on any atom is 0.333 e. The van der Waals surface area contributed by atoms with Gasteiger partial charge in [0.2, 0.25) is 0 Å². The number of nitriles is 1. The molecule has 19 heavy (non-hydrogen) atoms. The van der Waals surface area contributed by atoms with E-state index in [4.69, 9.17) is 5.26 Å². The summed E-state index contributed by atoms with van der Waals surface area (Å²) in [6.07, 6.45) is 2.41. The third-order valence-corrected chi connectivity index (χ3v) is 2.85. The number of carbonyl (C=O) groups excluding carboxylic acids is 1. The lowest BCUT2D eigenvalue weighted by atomic mass is 10.1. The van der Waals surface area contributed by atoms with Gasteiger partial charge < -0.3 is 10.1 Å². The minimum Gasteiger partial charge on any atom is -0.466 e. The van der Waals surface area contributed by atoms with Crippen LogP contribution in [0, 0.1) is 18.3 Å². The standard InChI is InChI=1S/C15H18N2O2/c1-4-12(15(18)19-3)8-9-17-14-7-5-6-11(2)13(14)10-16/h5-8,17H,4,9H2,1-3H3/b12-8-. The van der Waals surface area contributed by atoms with Gasteiger partial charge in [-0.05, 0) is 25.0 Å². The Kier molecular flexibility index (Phi) is 5.62. The lowest BCUT2D eigenvalue weighted by Crippen LogP contribution is -2.08. The van der Waals surface area contributed by atoms with Crippen molar-refractivity contribution < 1.29 is 9.53 Å². The molecular formula is C15H18N2O2. The first-order valence-corrected chi connectivity index (χ1v) is 6.15. The molecule has 0 atom stereocenters. The number of hydrogen-bond acceptors (Lipinski definition) is 4. The zero-order valence-corrected chi connectivity index (χ0v) is 11.5. The van der Waals surface area contributed by atoms with Crippen LogP contribution in [-0.4, -0.2) is 19.6 Å². The fraction of sp³-hybridized carbons (Fsp3) is 0.333. The Bertz CT molecular complexity index is 527. The molecule has 1 aromatic carbocycles. The molecule has 4 nitrogen and oxygen atoms in total. The van der Waals surface area contributed by atoms with Gasteiger partial charge in [0, 0.05) is 12.1 Å². The summed E-state index contributed by atoms with van der Waals surface area (Å²) in [5.74, 6) is -0.311. The molecule has 0 amide bonds. The van der Waals surface area contributed by atoms with Crippen molar-refractivity contribution in [3.05, 3.63) is 41.0 Å². The van der Waals surface area contributed by atoms with Crippen molar-refractivity contribution >= 4 is 11.7 Å². The maximum atomic E-state index is 11.4. The number of hydrogen-bond donors (Lipinski definition) is 1. The summed E-state index contributed by atoms with van der Waals surface area (Å²) in [4.78, 5) is 11.4. The smallest absolute Gasteiger partial charge is 0.333 e. The minimum absolute atomic E-state index is 0.311. The number of ether oxygens (including phenoxy) is 1. The van der Waals surface area contributed by atoms with E-state index in [-0.39, 0.29) is 5.97 Å². The van der Waals surface area contributed by atoms with E-state index in [1.807, 2.05) is 32.0 Å². The highest BCUT2D eigenvalue weighted by molar-refractivity contribution is 5.88. The highest BCUT2D eigenvalue weighted by Gasteiger charge is 2.07. The Labute approximate surface area is 113 Å². The van der Waals surface area contributed by atoms with Crippen LogP contribution in [0.25, 0.3) is 0 Å². The molecule has 0 unspecified atom stereocenters. The predicted octanol–water partition coefficient (Wildman–Crippen LogP) is 2.79. The molecular weight excluding hydrogens is 240 g/mol. The molecule has 1 rings (SSSR count). The highest BCUT2D eigenvalue weighted by Crippen LogP contribution is 2.18. The molecule has 0 spiro atoms. The van der Waals surface area contributed by atoms with Gasteiger partial charge in [-0.25, -0.2) is 4.79 Å². The fourth-order valence-corrected chi connectivity index (χ4v) is 1.75. The van der Waals surface area contributed by atoms with Crippen molar-refractivity contribution in [2.45, 2.75) is 20.3 Å². The molecule has 1 N–H and O–H groups in total. The molecule has 0 aromatic heterocycles. The maximum absolute atomic E-state index is 11.4. The SMILES string of the molecule is CC/C(=C/CNc1cccc(C)c1C#N)C(=O)OC. The lowest BCUT2D eigenvalue weighted by Gasteiger charge is -2.08. The van der Waals surface area contributed by atoms with Crippen LogP contribution in [0.2, 0.25) is 0 Å². The van der Waals surface area contributed by atoms with Gasteiger partial charge in [-0.3, -0.25) is 0 Å². The van der Waals surface area contributed by atoms with Crippen LogP contribution in [0.1, 0.15) is 24.5 Å². The van der Waals surface area contributed by atoms with Crippen LogP contribution in [0.15, 0.2) is 29.8 Å². The van der Waals surface area contributed by atoms with Crippen LogP contribution in [-0.2, 0) is 9.53 Å². The van der Waals surface area contributed by atoms with Crippen LogP contribution in [0.5, 0.6) is 0 Å². The normalized spacial score (nSPS) is 10.7. The molecule has 0 aliphatic rings. The topological polar surface area (TPSA) is 62.1 Å². The van der Waals surface area contributed by atoms with Crippen LogP contribution >= 0.6 is 0 Å². The number of rotatable bonds is 5. The number of methoxy groups -OCH3 is 1. The average Bonchev–Trinajstić information content (AvgIpc) is 2.43. The summed E-state index contributed by atoms with van der Waals surface area (Å²) < 4.78 is 4.68. The zero-order valence-electron chi connectivity index (χ0n) is 11.5. The number of esters is 1. The van der Waals surface area contributed by atoms with Crippen LogP contribution in [0.3, 0.4) is 0 Å². The molecule has 0 aliphatic carbocycles. The fourth-order valence-electron chi connectivity index (χ4n) is 1.75. The Balaban J connectivity index is 2.78. The lowest BCUT2D eigenvalue weighted by molar-refractivity contribution is -0.136.